The molecule has 0 saturated carbocycles. The summed E-state index contributed by atoms with van der Waals surface area (Å²) in [5.74, 6) is -3.12. The van der Waals surface area contributed by atoms with E-state index in [-0.39, 0.29) is 23.2 Å². The molecule has 1 aliphatic rings. The molecule has 44 heavy (non-hydrogen) atoms. The summed E-state index contributed by atoms with van der Waals surface area (Å²) in [6, 6.07) is 10.3. The second-order valence-electron chi connectivity index (χ2n) is 10.8. The Morgan fingerprint density at radius 1 is 1.11 bits per heavy atom. The van der Waals surface area contributed by atoms with Gasteiger partial charge in [-0.3, -0.25) is 9.78 Å². The average molecular weight is 607 g/mol. The highest BCUT2D eigenvalue weighted by molar-refractivity contribution is 5.99. The third-order valence-corrected chi connectivity index (χ3v) is 8.09. The highest BCUT2D eigenvalue weighted by Gasteiger charge is 2.39. The lowest BCUT2D eigenvalue weighted by Crippen LogP contribution is -2.46. The van der Waals surface area contributed by atoms with Gasteiger partial charge < -0.3 is 34.1 Å². The van der Waals surface area contributed by atoms with E-state index in [9.17, 15) is 9.90 Å². The number of fused-ring (bicyclic) bond motifs is 1. The van der Waals surface area contributed by atoms with Crippen LogP contribution in [-0.2, 0) is 16.8 Å². The van der Waals surface area contributed by atoms with Gasteiger partial charge in [0.05, 0.1) is 26.0 Å². The molecule has 1 unspecified atom stereocenters. The molecular weight excluding hydrogens is 570 g/mol. The Morgan fingerprint density at radius 2 is 1.80 bits per heavy atom. The van der Waals surface area contributed by atoms with Gasteiger partial charge in [-0.05, 0) is 49.4 Å². The molecule has 2 aromatic heterocycles. The van der Waals surface area contributed by atoms with E-state index >= 15 is 8.78 Å². The van der Waals surface area contributed by atoms with E-state index in [0.717, 1.165) is 50.0 Å². The van der Waals surface area contributed by atoms with Crippen LogP contribution in [0.5, 0.6) is 11.5 Å². The first kappa shape index (κ1) is 31.0. The lowest BCUT2D eigenvalue weighted by Gasteiger charge is -2.35. The second kappa shape index (κ2) is 12.6. The summed E-state index contributed by atoms with van der Waals surface area (Å²) >= 11 is 0. The van der Waals surface area contributed by atoms with Crippen LogP contribution < -0.4 is 19.7 Å². The van der Waals surface area contributed by atoms with Crippen LogP contribution in [0.3, 0.4) is 0 Å². The van der Waals surface area contributed by atoms with Crippen LogP contribution in [-0.4, -0.2) is 67.8 Å². The highest BCUT2D eigenvalue weighted by Crippen LogP contribution is 2.42. The van der Waals surface area contributed by atoms with E-state index in [4.69, 9.17) is 13.9 Å². The Hall–Kier alpha value is -4.48. The number of anilines is 2. The number of hydrogen-bond donors (Lipinski definition) is 2. The molecule has 1 amide bonds. The summed E-state index contributed by atoms with van der Waals surface area (Å²) in [4.78, 5) is 21.5. The first-order chi connectivity index (χ1) is 21.1. The van der Waals surface area contributed by atoms with Gasteiger partial charge >= 0.3 is 0 Å². The Bertz CT molecular complexity index is 1670. The molecule has 4 aromatic rings. The lowest BCUT2D eigenvalue weighted by atomic mass is 9.91. The van der Waals surface area contributed by atoms with Gasteiger partial charge in [-0.2, -0.15) is 0 Å². The minimum absolute atomic E-state index is 0.0917. The molecule has 1 saturated heterocycles. The topological polar surface area (TPSA) is 100 Å². The normalized spacial score (nSPS) is 15.2. The predicted molar refractivity (Wildman–Crippen MR) is 165 cm³/mol. The molecule has 0 spiro atoms. The molecular formula is C33H36F2N4O5. The van der Waals surface area contributed by atoms with E-state index in [2.05, 4.69) is 33.6 Å². The maximum Gasteiger partial charge on any atom is 0.247 e. The van der Waals surface area contributed by atoms with Crippen molar-refractivity contribution in [2.45, 2.75) is 25.9 Å². The van der Waals surface area contributed by atoms with Gasteiger partial charge in [-0.1, -0.05) is 19.6 Å². The van der Waals surface area contributed by atoms with Gasteiger partial charge in [0.1, 0.15) is 5.76 Å². The van der Waals surface area contributed by atoms with Crippen molar-refractivity contribution in [3.8, 4) is 11.5 Å². The van der Waals surface area contributed by atoms with Crippen LogP contribution in [0.25, 0.3) is 11.0 Å². The number of methoxy groups -OCH3 is 2. The minimum Gasteiger partial charge on any atom is -0.494 e. The van der Waals surface area contributed by atoms with Crippen molar-refractivity contribution in [2.24, 2.45) is 0 Å². The zero-order valence-electron chi connectivity index (χ0n) is 25.2. The van der Waals surface area contributed by atoms with Crippen LogP contribution in [0.1, 0.15) is 36.4 Å². The number of hydrogen-bond acceptors (Lipinski definition) is 8. The second-order valence-corrected chi connectivity index (χ2v) is 10.8. The van der Waals surface area contributed by atoms with Crippen LogP contribution in [0.15, 0.2) is 59.7 Å². The van der Waals surface area contributed by atoms with Crippen molar-refractivity contribution in [2.75, 3.05) is 57.2 Å². The van der Waals surface area contributed by atoms with Gasteiger partial charge in [0.25, 0.3) is 0 Å². The average Bonchev–Trinajstić information content (AvgIpc) is 3.46. The summed E-state index contributed by atoms with van der Waals surface area (Å²) in [6.07, 6.45) is 3.09. The van der Waals surface area contributed by atoms with Crippen LogP contribution >= 0.6 is 0 Å². The number of halogens is 2. The molecule has 9 nitrogen and oxygen atoms in total. The molecule has 1 atom stereocenters. The molecule has 0 bridgehead atoms. The van der Waals surface area contributed by atoms with Crippen molar-refractivity contribution in [3.63, 3.8) is 0 Å². The molecule has 5 rings (SSSR count). The number of nitrogens with zero attached hydrogens (tertiary/aromatic N) is 3. The Balaban J connectivity index is 1.46. The number of amides is 1. The number of carbonyl (C=O) groups excluding carboxylic acids is 1. The maximum atomic E-state index is 15.3. The molecule has 11 heteroatoms. The Labute approximate surface area is 254 Å². The Kier molecular flexibility index (Phi) is 8.89. The standard InChI is InChI=1S/C33H36F2N4O5/c1-6-29(40)37-24-17-23(39-12-10-38(7-2)11-13-39)9-8-20(24)14-22-15-21-16-28(44-27(21)19-36-22)33(3,41)30-31(34)25(42-4)18-26(43-5)32(30)35/h6,8-9,15-19,41H,1,7,10-14H2,2-5H3,(H,37,40). The number of aromatic nitrogens is 1. The predicted octanol–water partition coefficient (Wildman–Crippen LogP) is 5.24. The summed E-state index contributed by atoms with van der Waals surface area (Å²) in [6.45, 7) is 11.7. The number of carbonyl (C=O) groups is 1. The third kappa shape index (κ3) is 5.97. The Morgan fingerprint density at radius 3 is 2.41 bits per heavy atom. The summed E-state index contributed by atoms with van der Waals surface area (Å²) in [5.41, 5.74) is 0.606. The zero-order chi connectivity index (χ0) is 31.6. The number of benzene rings is 2. The zero-order valence-corrected chi connectivity index (χ0v) is 25.2. The van der Waals surface area contributed by atoms with E-state index in [1.54, 1.807) is 6.07 Å². The van der Waals surface area contributed by atoms with Crippen LogP contribution in [0.2, 0.25) is 0 Å². The minimum atomic E-state index is -2.21. The number of rotatable bonds is 10. The van der Waals surface area contributed by atoms with Crippen molar-refractivity contribution in [1.82, 2.24) is 9.88 Å². The van der Waals surface area contributed by atoms with Gasteiger partial charge in [0, 0.05) is 61.1 Å². The molecule has 0 radical (unpaired) electrons. The number of furan rings is 1. The molecule has 2 N–H and O–H groups in total. The number of piperazine rings is 1. The number of ether oxygens (including phenoxy) is 2. The van der Waals surface area contributed by atoms with E-state index in [1.165, 1.54) is 39.5 Å². The summed E-state index contributed by atoms with van der Waals surface area (Å²) < 4.78 is 46.4. The first-order valence-electron chi connectivity index (χ1n) is 14.3. The molecule has 1 fully saturated rings. The number of nitrogens with one attached hydrogen (secondary N) is 1. The quantitative estimate of drug-likeness (QED) is 0.237. The first-order valence-corrected chi connectivity index (χ1v) is 14.3. The van der Waals surface area contributed by atoms with Gasteiger partial charge in [-0.15, -0.1) is 0 Å². The number of pyridine rings is 1. The molecule has 1 aliphatic heterocycles. The fraction of sp³-hybridized carbons (Fsp3) is 0.333. The molecule has 3 heterocycles. The summed E-state index contributed by atoms with van der Waals surface area (Å²) in [7, 11) is 2.47. The number of likely N-dealkylation sites (N-methyl/N-ethyl adjacent to an activating group) is 1. The van der Waals surface area contributed by atoms with Crippen molar-refractivity contribution < 1.29 is 32.6 Å². The van der Waals surface area contributed by atoms with Gasteiger partial charge in [-0.25, -0.2) is 8.78 Å². The smallest absolute Gasteiger partial charge is 0.247 e. The van der Waals surface area contributed by atoms with Crippen LogP contribution in [0, 0.1) is 11.6 Å². The van der Waals surface area contributed by atoms with E-state index in [1.807, 2.05) is 18.2 Å². The van der Waals surface area contributed by atoms with Crippen LogP contribution in [0.4, 0.5) is 20.2 Å². The fourth-order valence-corrected chi connectivity index (χ4v) is 5.50. The van der Waals surface area contributed by atoms with E-state index < -0.39 is 22.8 Å². The molecule has 232 valence electrons. The van der Waals surface area contributed by atoms with Crippen molar-refractivity contribution in [3.05, 3.63) is 89.5 Å². The number of aliphatic hydroxyl groups is 1. The third-order valence-electron chi connectivity index (χ3n) is 8.09. The van der Waals surface area contributed by atoms with E-state index in [0.29, 0.717) is 28.8 Å². The van der Waals surface area contributed by atoms with Gasteiger partial charge in [0.15, 0.2) is 34.3 Å². The molecule has 2 aromatic carbocycles. The fourth-order valence-electron chi connectivity index (χ4n) is 5.50. The largest absolute Gasteiger partial charge is 0.494 e. The van der Waals surface area contributed by atoms with Crippen molar-refractivity contribution in [1.29, 1.82) is 0 Å². The summed E-state index contributed by atoms with van der Waals surface area (Å²) in [5, 5.41) is 14.9. The molecule has 0 aliphatic carbocycles. The lowest BCUT2D eigenvalue weighted by molar-refractivity contribution is -0.111. The van der Waals surface area contributed by atoms with Crippen molar-refractivity contribution >= 4 is 28.3 Å². The SMILES string of the molecule is C=CC(=O)Nc1cc(N2CCN(CC)CC2)ccc1Cc1cc2cc(C(C)(O)c3c(F)c(OC)cc(OC)c3F)oc2cn1. The highest BCUT2D eigenvalue weighted by atomic mass is 19.1. The van der Waals surface area contributed by atoms with Gasteiger partial charge in [0.2, 0.25) is 5.91 Å². The maximum absolute atomic E-state index is 15.3. The monoisotopic (exact) mass is 606 g/mol.